The lowest BCUT2D eigenvalue weighted by Gasteiger charge is -2.35. The number of aromatic nitrogens is 5. The molecule has 0 bridgehead atoms. The Morgan fingerprint density at radius 2 is 1.70 bits per heavy atom. The Hall–Kier alpha value is -6.22. The van der Waals surface area contributed by atoms with Gasteiger partial charge in [0.05, 0.1) is 47.0 Å². The molecule has 0 saturated carbocycles. The van der Waals surface area contributed by atoms with Crippen molar-refractivity contribution in [2.24, 2.45) is 0 Å². The summed E-state index contributed by atoms with van der Waals surface area (Å²) in [6.07, 6.45) is 10.1. The Balaban J connectivity index is 0.767. The van der Waals surface area contributed by atoms with E-state index in [0.717, 1.165) is 85.2 Å². The van der Waals surface area contributed by atoms with Crippen molar-refractivity contribution in [2.75, 3.05) is 49.5 Å². The summed E-state index contributed by atoms with van der Waals surface area (Å²) in [5.41, 5.74) is 4.09. The van der Waals surface area contributed by atoms with Crippen LogP contribution in [0.25, 0.3) is 16.8 Å². The van der Waals surface area contributed by atoms with Crippen molar-refractivity contribution in [3.05, 3.63) is 90.5 Å². The van der Waals surface area contributed by atoms with Gasteiger partial charge in [0.25, 0.3) is 11.8 Å². The third-order valence-corrected chi connectivity index (χ3v) is 9.88. The molecule has 0 radical (unpaired) electrons. The predicted octanol–water partition coefficient (Wildman–Crippen LogP) is 3.70. The lowest BCUT2D eigenvalue weighted by Crippen LogP contribution is -2.54. The highest BCUT2D eigenvalue weighted by Crippen LogP contribution is 2.34. The SMILES string of the molecule is O=C1CCC(N2C(=O)c3cccc(OCCCCCN4CCN(c5ccc(Nc6ncc7ccc(-c8ccncc8)n7n6)cn5)CC4)c3C2=O)C(=O)N1. The molecule has 0 aliphatic carbocycles. The van der Waals surface area contributed by atoms with Gasteiger partial charge in [-0.25, -0.2) is 14.5 Å². The Labute approximate surface area is 305 Å². The van der Waals surface area contributed by atoms with E-state index in [-0.39, 0.29) is 24.0 Å². The van der Waals surface area contributed by atoms with E-state index in [4.69, 9.17) is 14.8 Å². The molecule has 15 nitrogen and oxygen atoms in total. The molecular formula is C38H38N10O5. The minimum atomic E-state index is -1.00. The Kier molecular flexibility index (Phi) is 9.46. The highest BCUT2D eigenvalue weighted by Gasteiger charge is 2.46. The minimum absolute atomic E-state index is 0.0757. The zero-order chi connectivity index (χ0) is 36.3. The lowest BCUT2D eigenvalue weighted by atomic mass is 10.0. The second-order valence-corrected chi connectivity index (χ2v) is 13.3. The van der Waals surface area contributed by atoms with Crippen LogP contribution in [0.15, 0.2) is 79.4 Å². The number of carbonyl (C=O) groups excluding carboxylic acids is 4. The number of carbonyl (C=O) groups is 4. The van der Waals surface area contributed by atoms with Crippen LogP contribution in [0.3, 0.4) is 0 Å². The van der Waals surface area contributed by atoms with Gasteiger partial charge in [0.2, 0.25) is 17.8 Å². The van der Waals surface area contributed by atoms with Crippen molar-refractivity contribution in [1.82, 2.24) is 39.7 Å². The molecule has 270 valence electrons. The molecule has 8 rings (SSSR count). The maximum Gasteiger partial charge on any atom is 0.266 e. The molecular weight excluding hydrogens is 676 g/mol. The monoisotopic (exact) mass is 714 g/mol. The van der Waals surface area contributed by atoms with E-state index >= 15 is 0 Å². The van der Waals surface area contributed by atoms with Gasteiger partial charge in [0, 0.05) is 50.6 Å². The van der Waals surface area contributed by atoms with Gasteiger partial charge in [-0.05, 0) is 80.8 Å². The highest BCUT2D eigenvalue weighted by atomic mass is 16.5. The summed E-state index contributed by atoms with van der Waals surface area (Å²) in [6, 6.07) is 15.8. The number of anilines is 3. The molecule has 5 aromatic rings. The average Bonchev–Trinajstić information content (AvgIpc) is 3.72. The van der Waals surface area contributed by atoms with Crippen LogP contribution in [-0.4, -0.2) is 103 Å². The third kappa shape index (κ3) is 7.02. The van der Waals surface area contributed by atoms with E-state index in [0.29, 0.717) is 18.3 Å². The topological polar surface area (TPSA) is 167 Å². The lowest BCUT2D eigenvalue weighted by molar-refractivity contribution is -0.136. The van der Waals surface area contributed by atoms with Crippen LogP contribution in [-0.2, 0) is 9.59 Å². The standard InChI is InChI=1S/C38H38N10O5/c49-33-12-10-30(35(50)43-33)47-36(51)28-5-4-6-31(34(28)37(47)52)53-22-3-1-2-17-45-18-20-46(21-19-45)32-11-7-26(23-40-32)42-38-41-24-27-8-9-29(48(27)44-38)25-13-15-39-16-14-25/h4-9,11,13-16,23-24,30H,1-3,10,12,17-22H2,(H,42,44)(H,43,49,50). The van der Waals surface area contributed by atoms with Gasteiger partial charge < -0.3 is 15.0 Å². The maximum absolute atomic E-state index is 13.3. The highest BCUT2D eigenvalue weighted by molar-refractivity contribution is 6.24. The first kappa shape index (κ1) is 33.9. The number of amides is 4. The first-order valence-corrected chi connectivity index (χ1v) is 17.9. The fraction of sp³-hybridized carbons (Fsp3) is 0.316. The third-order valence-electron chi connectivity index (χ3n) is 9.88. The largest absolute Gasteiger partial charge is 0.493 e. The quantitative estimate of drug-likeness (QED) is 0.142. The van der Waals surface area contributed by atoms with Crippen LogP contribution in [0, 0.1) is 0 Å². The number of benzene rings is 1. The summed E-state index contributed by atoms with van der Waals surface area (Å²) in [6.45, 7) is 5.04. The van der Waals surface area contributed by atoms with Gasteiger partial charge in [-0.2, -0.15) is 0 Å². The number of rotatable bonds is 12. The number of ether oxygens (including phenoxy) is 1. The van der Waals surface area contributed by atoms with Crippen LogP contribution in [0.4, 0.5) is 17.5 Å². The molecule has 0 spiro atoms. The fourth-order valence-electron chi connectivity index (χ4n) is 7.08. The van der Waals surface area contributed by atoms with Gasteiger partial charge in [0.1, 0.15) is 17.6 Å². The van der Waals surface area contributed by atoms with Crippen molar-refractivity contribution in [1.29, 1.82) is 0 Å². The van der Waals surface area contributed by atoms with Gasteiger partial charge in [0.15, 0.2) is 0 Å². The van der Waals surface area contributed by atoms with Crippen molar-refractivity contribution >= 4 is 46.6 Å². The first-order valence-electron chi connectivity index (χ1n) is 17.9. The van der Waals surface area contributed by atoms with Crippen molar-refractivity contribution < 1.29 is 23.9 Å². The van der Waals surface area contributed by atoms with Gasteiger partial charge >= 0.3 is 0 Å². The number of nitrogens with one attached hydrogen (secondary N) is 2. The molecule has 2 fully saturated rings. The number of hydrogen-bond donors (Lipinski definition) is 2. The smallest absolute Gasteiger partial charge is 0.266 e. The van der Waals surface area contributed by atoms with Gasteiger partial charge in [-0.15, -0.1) is 5.10 Å². The summed E-state index contributed by atoms with van der Waals surface area (Å²) < 4.78 is 7.85. The van der Waals surface area contributed by atoms with E-state index in [1.165, 1.54) is 0 Å². The average molecular weight is 715 g/mol. The number of nitrogens with zero attached hydrogens (tertiary/aromatic N) is 8. The van der Waals surface area contributed by atoms with Crippen molar-refractivity contribution in [3.8, 4) is 17.0 Å². The Bertz CT molecular complexity index is 2170. The van der Waals surface area contributed by atoms with E-state index in [2.05, 4.69) is 30.4 Å². The molecule has 4 aromatic heterocycles. The van der Waals surface area contributed by atoms with Crippen LogP contribution in [0.5, 0.6) is 5.75 Å². The normalized spacial score (nSPS) is 17.7. The molecule has 2 N–H and O–H groups in total. The van der Waals surface area contributed by atoms with E-state index in [1.54, 1.807) is 36.8 Å². The van der Waals surface area contributed by atoms with Crippen LogP contribution in [0.2, 0.25) is 0 Å². The second kappa shape index (κ2) is 14.8. The summed E-state index contributed by atoms with van der Waals surface area (Å²) in [5, 5.41) is 10.2. The molecule has 2 saturated heterocycles. The molecule has 53 heavy (non-hydrogen) atoms. The van der Waals surface area contributed by atoms with Crippen LogP contribution < -0.4 is 20.3 Å². The molecule has 1 unspecified atom stereocenters. The number of unbranched alkanes of at least 4 members (excludes halogenated alkanes) is 2. The zero-order valence-electron chi connectivity index (χ0n) is 29.0. The van der Waals surface area contributed by atoms with Crippen molar-refractivity contribution in [2.45, 2.75) is 38.1 Å². The molecule has 15 heteroatoms. The van der Waals surface area contributed by atoms with Crippen LogP contribution >= 0.6 is 0 Å². The number of pyridine rings is 2. The number of piperazine rings is 1. The molecule has 7 heterocycles. The van der Waals surface area contributed by atoms with Crippen molar-refractivity contribution in [3.63, 3.8) is 0 Å². The molecule has 1 atom stereocenters. The van der Waals surface area contributed by atoms with E-state index in [1.807, 2.05) is 47.1 Å². The van der Waals surface area contributed by atoms with Gasteiger partial charge in [-0.3, -0.25) is 39.3 Å². The summed E-state index contributed by atoms with van der Waals surface area (Å²) in [7, 11) is 0. The Morgan fingerprint density at radius 1 is 0.849 bits per heavy atom. The number of hydrogen-bond acceptors (Lipinski definition) is 12. The fourth-order valence-corrected chi connectivity index (χ4v) is 7.08. The predicted molar refractivity (Wildman–Crippen MR) is 195 cm³/mol. The maximum atomic E-state index is 13.3. The molecule has 3 aliphatic heterocycles. The zero-order valence-corrected chi connectivity index (χ0v) is 29.0. The summed E-state index contributed by atoms with van der Waals surface area (Å²) in [5.74, 6) is -0.385. The Morgan fingerprint density at radius 3 is 2.49 bits per heavy atom. The number of imide groups is 2. The summed E-state index contributed by atoms with van der Waals surface area (Å²) in [4.78, 5) is 69.3. The molecule has 1 aromatic carbocycles. The second-order valence-electron chi connectivity index (χ2n) is 13.3. The summed E-state index contributed by atoms with van der Waals surface area (Å²) >= 11 is 0. The minimum Gasteiger partial charge on any atom is -0.493 e. The van der Waals surface area contributed by atoms with E-state index in [9.17, 15) is 19.2 Å². The van der Waals surface area contributed by atoms with Crippen LogP contribution in [0.1, 0.15) is 52.8 Å². The van der Waals surface area contributed by atoms with Gasteiger partial charge in [-0.1, -0.05) is 6.07 Å². The molecule has 4 amide bonds. The molecule has 3 aliphatic rings. The number of piperidine rings is 1. The number of fused-ring (bicyclic) bond motifs is 2. The first-order chi connectivity index (χ1) is 25.9. The van der Waals surface area contributed by atoms with E-state index < -0.39 is 29.7 Å².